The fraction of sp³-hybridized carbons (Fsp3) is 0.500. The van der Waals surface area contributed by atoms with Crippen molar-refractivity contribution >= 4 is 28.3 Å². The summed E-state index contributed by atoms with van der Waals surface area (Å²) in [5.74, 6) is 0.766. The molecule has 1 rings (SSSR count). The minimum Gasteiger partial charge on any atom is -0.497 e. The molecule has 0 aliphatic rings. The van der Waals surface area contributed by atoms with Crippen LogP contribution < -0.4 is 10.5 Å². The number of nitrogens with two attached hydrogens (primary N) is 1. The molecule has 98 valence electrons. The van der Waals surface area contributed by atoms with Gasteiger partial charge in [0.1, 0.15) is 5.75 Å². The van der Waals surface area contributed by atoms with Gasteiger partial charge in [-0.2, -0.15) is 0 Å². The first-order valence-corrected chi connectivity index (χ1v) is 5.91. The standard InChI is InChI=1S/C12H18BrNO2.ClH/c1-12(2,7-15)11(14)9-6-8(16-3)4-5-10(9)13;/h4-6,11,15H,7,14H2,1-3H3;1H/t11-;/m0./s1. The minimum atomic E-state index is -0.366. The van der Waals surface area contributed by atoms with Gasteiger partial charge in [-0.25, -0.2) is 0 Å². The molecular weight excluding hydrogens is 305 g/mol. The zero-order valence-corrected chi connectivity index (χ0v) is 12.6. The molecule has 0 aliphatic carbocycles. The highest BCUT2D eigenvalue weighted by molar-refractivity contribution is 9.10. The lowest BCUT2D eigenvalue weighted by Gasteiger charge is -2.30. The molecular formula is C12H19BrClNO2. The van der Waals surface area contributed by atoms with Crippen LogP contribution in [0, 0.1) is 5.41 Å². The van der Waals surface area contributed by atoms with Crippen molar-refractivity contribution in [1.82, 2.24) is 0 Å². The van der Waals surface area contributed by atoms with Crippen LogP contribution in [0.4, 0.5) is 0 Å². The number of methoxy groups -OCH3 is 1. The highest BCUT2D eigenvalue weighted by Crippen LogP contribution is 2.36. The van der Waals surface area contributed by atoms with E-state index in [0.29, 0.717) is 0 Å². The van der Waals surface area contributed by atoms with Gasteiger partial charge < -0.3 is 15.6 Å². The van der Waals surface area contributed by atoms with Gasteiger partial charge in [-0.05, 0) is 23.8 Å². The molecule has 3 N–H and O–H groups in total. The number of benzene rings is 1. The van der Waals surface area contributed by atoms with E-state index in [1.54, 1.807) is 7.11 Å². The number of aliphatic hydroxyl groups is 1. The largest absolute Gasteiger partial charge is 0.497 e. The first-order chi connectivity index (χ1) is 7.42. The Balaban J connectivity index is 0.00000256. The quantitative estimate of drug-likeness (QED) is 0.895. The van der Waals surface area contributed by atoms with Gasteiger partial charge in [-0.15, -0.1) is 12.4 Å². The molecule has 0 saturated heterocycles. The predicted molar refractivity (Wildman–Crippen MR) is 75.7 cm³/mol. The number of aliphatic hydroxyl groups excluding tert-OH is 1. The summed E-state index contributed by atoms with van der Waals surface area (Å²) in [6.07, 6.45) is 0. The maximum Gasteiger partial charge on any atom is 0.119 e. The maximum atomic E-state index is 9.32. The zero-order chi connectivity index (χ0) is 12.3. The Bertz CT molecular complexity index is 372. The molecule has 0 unspecified atom stereocenters. The van der Waals surface area contributed by atoms with Crippen molar-refractivity contribution in [3.8, 4) is 5.75 Å². The number of halogens is 2. The van der Waals surface area contributed by atoms with E-state index in [-0.39, 0.29) is 30.5 Å². The maximum absolute atomic E-state index is 9.32. The first-order valence-electron chi connectivity index (χ1n) is 5.12. The second-order valence-electron chi connectivity index (χ2n) is 4.51. The average Bonchev–Trinajstić information content (AvgIpc) is 2.29. The van der Waals surface area contributed by atoms with Crippen LogP contribution >= 0.6 is 28.3 Å². The summed E-state index contributed by atoms with van der Waals surface area (Å²) in [5.41, 5.74) is 6.74. The van der Waals surface area contributed by atoms with Crippen LogP contribution in [0.25, 0.3) is 0 Å². The van der Waals surface area contributed by atoms with E-state index in [4.69, 9.17) is 10.5 Å². The van der Waals surface area contributed by atoms with Crippen LogP contribution in [-0.4, -0.2) is 18.8 Å². The Labute approximate surface area is 117 Å². The van der Waals surface area contributed by atoms with Crippen molar-refractivity contribution in [2.45, 2.75) is 19.9 Å². The van der Waals surface area contributed by atoms with Gasteiger partial charge in [0, 0.05) is 22.5 Å². The Hall–Kier alpha value is -0.290. The number of hydrogen-bond donors (Lipinski definition) is 2. The molecule has 0 heterocycles. The highest BCUT2D eigenvalue weighted by Gasteiger charge is 2.28. The molecule has 0 aromatic heterocycles. The Morgan fingerprint density at radius 1 is 1.47 bits per heavy atom. The number of ether oxygens (including phenoxy) is 1. The van der Waals surface area contributed by atoms with Crippen molar-refractivity contribution in [1.29, 1.82) is 0 Å². The van der Waals surface area contributed by atoms with Gasteiger partial charge in [-0.1, -0.05) is 29.8 Å². The first kappa shape index (κ1) is 16.7. The smallest absolute Gasteiger partial charge is 0.119 e. The third-order valence-corrected chi connectivity index (χ3v) is 3.51. The van der Waals surface area contributed by atoms with Crippen molar-refractivity contribution in [3.05, 3.63) is 28.2 Å². The topological polar surface area (TPSA) is 55.5 Å². The Kier molecular flexibility index (Phi) is 6.48. The molecule has 0 radical (unpaired) electrons. The lowest BCUT2D eigenvalue weighted by Crippen LogP contribution is -2.32. The van der Waals surface area contributed by atoms with Crippen LogP contribution in [0.1, 0.15) is 25.5 Å². The van der Waals surface area contributed by atoms with Crippen LogP contribution in [0.2, 0.25) is 0 Å². The molecule has 1 aromatic carbocycles. The predicted octanol–water partition coefficient (Wildman–Crippen LogP) is 2.90. The van der Waals surface area contributed by atoms with E-state index >= 15 is 0 Å². The Morgan fingerprint density at radius 2 is 2.06 bits per heavy atom. The summed E-state index contributed by atoms with van der Waals surface area (Å²) < 4.78 is 6.10. The van der Waals surface area contributed by atoms with Crippen LogP contribution in [0.3, 0.4) is 0 Å². The normalized spacial score (nSPS) is 12.8. The third kappa shape index (κ3) is 3.85. The summed E-state index contributed by atoms with van der Waals surface area (Å²) in [4.78, 5) is 0. The van der Waals surface area contributed by atoms with Crippen molar-refractivity contribution in [3.63, 3.8) is 0 Å². The summed E-state index contributed by atoms with van der Waals surface area (Å²) in [7, 11) is 1.62. The van der Waals surface area contributed by atoms with E-state index in [2.05, 4.69) is 15.9 Å². The molecule has 0 amide bonds. The molecule has 17 heavy (non-hydrogen) atoms. The zero-order valence-electron chi connectivity index (χ0n) is 10.2. The van der Waals surface area contributed by atoms with E-state index in [1.807, 2.05) is 32.0 Å². The summed E-state index contributed by atoms with van der Waals surface area (Å²) in [6.45, 7) is 3.91. The van der Waals surface area contributed by atoms with Crippen molar-refractivity contribution < 1.29 is 9.84 Å². The molecule has 0 spiro atoms. The van der Waals surface area contributed by atoms with E-state index in [9.17, 15) is 5.11 Å². The summed E-state index contributed by atoms with van der Waals surface area (Å²) in [6, 6.07) is 5.42. The van der Waals surface area contributed by atoms with Crippen LogP contribution in [0.5, 0.6) is 5.75 Å². The van der Waals surface area contributed by atoms with E-state index in [0.717, 1.165) is 15.8 Å². The fourth-order valence-corrected chi connectivity index (χ4v) is 1.90. The van der Waals surface area contributed by atoms with Crippen molar-refractivity contribution in [2.24, 2.45) is 11.1 Å². The second-order valence-corrected chi connectivity index (χ2v) is 5.37. The van der Waals surface area contributed by atoms with Gasteiger partial charge in [0.15, 0.2) is 0 Å². The van der Waals surface area contributed by atoms with Crippen molar-refractivity contribution in [2.75, 3.05) is 13.7 Å². The summed E-state index contributed by atoms with van der Waals surface area (Å²) >= 11 is 3.46. The molecule has 1 atom stereocenters. The SMILES string of the molecule is COc1ccc(Br)c([C@H](N)C(C)(C)CO)c1.Cl. The molecule has 0 fully saturated rings. The number of hydrogen-bond acceptors (Lipinski definition) is 3. The van der Waals surface area contributed by atoms with Gasteiger partial charge >= 0.3 is 0 Å². The second kappa shape index (κ2) is 6.59. The average molecular weight is 325 g/mol. The van der Waals surface area contributed by atoms with Gasteiger partial charge in [0.2, 0.25) is 0 Å². The molecule has 0 aliphatic heterocycles. The molecule has 5 heteroatoms. The Morgan fingerprint density at radius 3 is 2.53 bits per heavy atom. The minimum absolute atomic E-state index is 0. The van der Waals surface area contributed by atoms with Crippen LogP contribution in [0.15, 0.2) is 22.7 Å². The van der Waals surface area contributed by atoms with Gasteiger partial charge in [-0.3, -0.25) is 0 Å². The molecule has 0 saturated carbocycles. The highest BCUT2D eigenvalue weighted by atomic mass is 79.9. The lowest BCUT2D eigenvalue weighted by atomic mass is 9.82. The van der Waals surface area contributed by atoms with E-state index in [1.165, 1.54) is 0 Å². The fourth-order valence-electron chi connectivity index (χ4n) is 1.41. The lowest BCUT2D eigenvalue weighted by molar-refractivity contribution is 0.132. The van der Waals surface area contributed by atoms with Gasteiger partial charge in [0.05, 0.1) is 7.11 Å². The number of rotatable bonds is 4. The molecule has 1 aromatic rings. The molecule has 0 bridgehead atoms. The van der Waals surface area contributed by atoms with E-state index < -0.39 is 0 Å². The van der Waals surface area contributed by atoms with Gasteiger partial charge in [0.25, 0.3) is 0 Å². The third-order valence-electron chi connectivity index (χ3n) is 2.79. The van der Waals surface area contributed by atoms with Crippen LogP contribution in [-0.2, 0) is 0 Å². The molecule has 3 nitrogen and oxygen atoms in total. The summed E-state index contributed by atoms with van der Waals surface area (Å²) in [5, 5.41) is 9.32. The monoisotopic (exact) mass is 323 g/mol.